The van der Waals surface area contributed by atoms with E-state index in [2.05, 4.69) is 5.32 Å². The molecule has 0 aliphatic heterocycles. The molecule has 0 radical (unpaired) electrons. The summed E-state index contributed by atoms with van der Waals surface area (Å²) >= 11 is 1.08. The highest BCUT2D eigenvalue weighted by molar-refractivity contribution is 8.00. The van der Waals surface area contributed by atoms with Gasteiger partial charge in [-0.3, -0.25) is 9.59 Å². The van der Waals surface area contributed by atoms with Crippen molar-refractivity contribution >= 4 is 23.6 Å². The van der Waals surface area contributed by atoms with Crippen LogP contribution in [0.1, 0.15) is 20.3 Å². The summed E-state index contributed by atoms with van der Waals surface area (Å²) in [5, 5.41) is 11.5. The SMILES string of the molecule is CC(C)(CCNC(=O)CSc1ccc(F)c(F)c1)C(=O)O. The number of hydrogen-bond donors (Lipinski definition) is 2. The quantitative estimate of drug-likeness (QED) is 0.759. The molecule has 1 aromatic rings. The predicted octanol–water partition coefficient (Wildman–Crippen LogP) is 2.67. The van der Waals surface area contributed by atoms with Crippen molar-refractivity contribution < 1.29 is 23.5 Å². The topological polar surface area (TPSA) is 66.4 Å². The summed E-state index contributed by atoms with van der Waals surface area (Å²) in [4.78, 5) is 22.9. The molecule has 0 saturated heterocycles. The van der Waals surface area contributed by atoms with Gasteiger partial charge in [-0.1, -0.05) is 0 Å². The van der Waals surface area contributed by atoms with Crippen LogP contribution < -0.4 is 5.32 Å². The summed E-state index contributed by atoms with van der Waals surface area (Å²) in [5.41, 5.74) is -0.902. The Kier molecular flexibility index (Phi) is 6.14. The fraction of sp³-hybridized carbons (Fsp3) is 0.429. The number of carboxylic acid groups (broad SMARTS) is 1. The molecule has 0 atom stereocenters. The van der Waals surface area contributed by atoms with E-state index in [4.69, 9.17) is 5.11 Å². The maximum Gasteiger partial charge on any atom is 0.309 e. The van der Waals surface area contributed by atoms with Crippen LogP contribution in [0.4, 0.5) is 8.78 Å². The second kappa shape index (κ2) is 7.40. The fourth-order valence-corrected chi connectivity index (χ4v) is 2.14. The lowest BCUT2D eigenvalue weighted by molar-refractivity contribution is -0.147. The molecule has 7 heteroatoms. The Hall–Kier alpha value is -1.63. The van der Waals surface area contributed by atoms with E-state index in [9.17, 15) is 18.4 Å². The Morgan fingerprint density at radius 3 is 2.52 bits per heavy atom. The van der Waals surface area contributed by atoms with Gasteiger partial charge in [0.05, 0.1) is 11.2 Å². The predicted molar refractivity (Wildman–Crippen MR) is 76.1 cm³/mol. The molecule has 0 saturated carbocycles. The van der Waals surface area contributed by atoms with Crippen LogP contribution >= 0.6 is 11.8 Å². The average Bonchev–Trinajstić information content (AvgIpc) is 2.39. The zero-order valence-electron chi connectivity index (χ0n) is 11.8. The lowest BCUT2D eigenvalue weighted by atomic mass is 9.90. The second-order valence-electron chi connectivity index (χ2n) is 5.15. The average molecular weight is 317 g/mol. The molecule has 0 aromatic heterocycles. The Balaban J connectivity index is 2.34. The molecule has 0 aliphatic rings. The van der Waals surface area contributed by atoms with Crippen molar-refractivity contribution in [3.8, 4) is 0 Å². The van der Waals surface area contributed by atoms with Crippen molar-refractivity contribution in [1.29, 1.82) is 0 Å². The number of benzene rings is 1. The van der Waals surface area contributed by atoms with Crippen LogP contribution in [0.25, 0.3) is 0 Å². The van der Waals surface area contributed by atoms with Crippen molar-refractivity contribution in [3.05, 3.63) is 29.8 Å². The number of carbonyl (C=O) groups is 2. The Labute approximate surface area is 125 Å². The van der Waals surface area contributed by atoms with Crippen molar-refractivity contribution in [2.45, 2.75) is 25.2 Å². The first-order valence-corrected chi connectivity index (χ1v) is 7.29. The minimum absolute atomic E-state index is 0.0541. The van der Waals surface area contributed by atoms with Crippen LogP contribution in [-0.2, 0) is 9.59 Å². The highest BCUT2D eigenvalue weighted by Crippen LogP contribution is 2.21. The molecule has 1 rings (SSSR count). The maximum absolute atomic E-state index is 13.0. The van der Waals surface area contributed by atoms with Crippen molar-refractivity contribution in [2.75, 3.05) is 12.3 Å². The molecule has 21 heavy (non-hydrogen) atoms. The lowest BCUT2D eigenvalue weighted by Crippen LogP contribution is -2.32. The van der Waals surface area contributed by atoms with E-state index in [1.54, 1.807) is 13.8 Å². The molecule has 116 valence electrons. The van der Waals surface area contributed by atoms with E-state index >= 15 is 0 Å². The molecule has 0 heterocycles. The van der Waals surface area contributed by atoms with Crippen LogP contribution in [0.15, 0.2) is 23.1 Å². The van der Waals surface area contributed by atoms with Gasteiger partial charge in [-0.2, -0.15) is 0 Å². The van der Waals surface area contributed by atoms with E-state index in [1.807, 2.05) is 0 Å². The van der Waals surface area contributed by atoms with Crippen molar-refractivity contribution in [1.82, 2.24) is 5.32 Å². The molecule has 0 aliphatic carbocycles. The molecule has 2 N–H and O–H groups in total. The van der Waals surface area contributed by atoms with Gasteiger partial charge >= 0.3 is 5.97 Å². The highest BCUT2D eigenvalue weighted by atomic mass is 32.2. The second-order valence-corrected chi connectivity index (χ2v) is 6.20. The van der Waals surface area contributed by atoms with Crippen LogP contribution in [0.2, 0.25) is 0 Å². The summed E-state index contributed by atoms with van der Waals surface area (Å²) in [7, 11) is 0. The third-order valence-corrected chi connectivity index (χ3v) is 3.91. The molecule has 0 bridgehead atoms. The minimum Gasteiger partial charge on any atom is -0.481 e. The van der Waals surface area contributed by atoms with Gasteiger partial charge in [-0.05, 0) is 38.5 Å². The first kappa shape index (κ1) is 17.4. The van der Waals surface area contributed by atoms with E-state index in [0.717, 1.165) is 23.9 Å². The summed E-state index contributed by atoms with van der Waals surface area (Å²) in [6, 6.07) is 3.43. The number of carbonyl (C=O) groups excluding carboxylic acids is 1. The Bertz CT molecular complexity index is 535. The molecule has 1 aromatic carbocycles. The van der Waals surface area contributed by atoms with Gasteiger partial charge in [0.2, 0.25) is 5.91 Å². The van der Waals surface area contributed by atoms with Gasteiger partial charge in [0.1, 0.15) is 0 Å². The van der Waals surface area contributed by atoms with Crippen molar-refractivity contribution in [3.63, 3.8) is 0 Å². The zero-order valence-corrected chi connectivity index (χ0v) is 12.6. The fourth-order valence-electron chi connectivity index (χ4n) is 1.39. The third kappa shape index (κ3) is 5.71. The summed E-state index contributed by atoms with van der Waals surface area (Å²) in [6.07, 6.45) is 0.309. The molecule has 0 unspecified atom stereocenters. The number of aliphatic carboxylic acids is 1. The number of rotatable bonds is 7. The Morgan fingerprint density at radius 2 is 1.95 bits per heavy atom. The van der Waals surface area contributed by atoms with Crippen LogP contribution in [0.5, 0.6) is 0 Å². The summed E-state index contributed by atoms with van der Waals surface area (Å²) < 4.78 is 25.7. The Morgan fingerprint density at radius 1 is 1.29 bits per heavy atom. The van der Waals surface area contributed by atoms with Crippen LogP contribution in [0, 0.1) is 17.0 Å². The van der Waals surface area contributed by atoms with Gasteiger partial charge in [0.25, 0.3) is 0 Å². The first-order chi connectivity index (χ1) is 9.72. The van der Waals surface area contributed by atoms with E-state index < -0.39 is 23.0 Å². The monoisotopic (exact) mass is 317 g/mol. The van der Waals surface area contributed by atoms with Gasteiger partial charge < -0.3 is 10.4 Å². The zero-order chi connectivity index (χ0) is 16.0. The van der Waals surface area contributed by atoms with E-state index in [-0.39, 0.29) is 18.2 Å². The smallest absolute Gasteiger partial charge is 0.309 e. The van der Waals surface area contributed by atoms with Crippen LogP contribution in [-0.4, -0.2) is 29.3 Å². The normalized spacial score (nSPS) is 11.2. The highest BCUT2D eigenvalue weighted by Gasteiger charge is 2.26. The molecular formula is C14H17F2NO3S. The number of nitrogens with one attached hydrogen (secondary N) is 1. The molecular weight excluding hydrogens is 300 g/mol. The molecule has 1 amide bonds. The van der Waals surface area contributed by atoms with Crippen molar-refractivity contribution in [2.24, 2.45) is 5.41 Å². The van der Waals surface area contributed by atoms with Gasteiger partial charge in [0.15, 0.2) is 11.6 Å². The molecule has 0 spiro atoms. The number of hydrogen-bond acceptors (Lipinski definition) is 3. The number of carboxylic acids is 1. The summed E-state index contributed by atoms with van der Waals surface area (Å²) in [5.74, 6) is -3.04. The molecule has 4 nitrogen and oxygen atoms in total. The number of thioether (sulfide) groups is 1. The first-order valence-electron chi connectivity index (χ1n) is 6.30. The number of halogens is 2. The van der Waals surface area contributed by atoms with Gasteiger partial charge in [-0.15, -0.1) is 11.8 Å². The summed E-state index contributed by atoms with van der Waals surface area (Å²) in [6.45, 7) is 3.41. The van der Waals surface area contributed by atoms with Crippen LogP contribution in [0.3, 0.4) is 0 Å². The lowest BCUT2D eigenvalue weighted by Gasteiger charge is -2.18. The largest absolute Gasteiger partial charge is 0.481 e. The standard InChI is InChI=1S/C14H17F2NO3S/c1-14(2,13(19)20)5-6-17-12(18)8-21-9-3-4-10(15)11(16)7-9/h3-4,7H,5-6,8H2,1-2H3,(H,17,18)(H,19,20). The van der Waals surface area contributed by atoms with Gasteiger partial charge in [0, 0.05) is 11.4 Å². The third-order valence-electron chi connectivity index (χ3n) is 2.91. The van der Waals surface area contributed by atoms with E-state index in [1.165, 1.54) is 6.07 Å². The van der Waals surface area contributed by atoms with Gasteiger partial charge in [-0.25, -0.2) is 8.78 Å². The minimum atomic E-state index is -0.955. The number of amides is 1. The van der Waals surface area contributed by atoms with E-state index in [0.29, 0.717) is 11.3 Å². The molecule has 0 fully saturated rings. The maximum atomic E-state index is 13.0.